The highest BCUT2D eigenvalue weighted by atomic mass is 32.2. The molecule has 2 unspecified atom stereocenters. The van der Waals surface area contributed by atoms with Crippen molar-refractivity contribution in [3.8, 4) is 0 Å². The van der Waals surface area contributed by atoms with E-state index in [1.54, 1.807) is 4.31 Å². The zero-order valence-corrected chi connectivity index (χ0v) is 12.2. The Labute approximate surface area is 109 Å². The second kappa shape index (κ2) is 5.47. The molecule has 0 radical (unpaired) electrons. The highest BCUT2D eigenvalue weighted by Crippen LogP contribution is 2.26. The van der Waals surface area contributed by atoms with Gasteiger partial charge in [0, 0.05) is 36.2 Å². The first-order valence-electron chi connectivity index (χ1n) is 6.35. The van der Waals surface area contributed by atoms with Crippen molar-refractivity contribution in [1.29, 1.82) is 0 Å². The monoisotopic (exact) mass is 278 g/mol. The van der Waals surface area contributed by atoms with Gasteiger partial charge in [0.05, 0.1) is 5.75 Å². The van der Waals surface area contributed by atoms with Gasteiger partial charge >= 0.3 is 0 Å². The van der Waals surface area contributed by atoms with Crippen LogP contribution >= 0.6 is 11.8 Å². The summed E-state index contributed by atoms with van der Waals surface area (Å²) in [7, 11) is -3.08. The molecule has 6 heteroatoms. The predicted octanol–water partition coefficient (Wildman–Crippen LogP) is 0.894. The second-order valence-electron chi connectivity index (χ2n) is 4.97. The Hall–Kier alpha value is 0.220. The first-order valence-corrected chi connectivity index (χ1v) is 9.01. The van der Waals surface area contributed by atoms with Gasteiger partial charge in [-0.05, 0) is 19.8 Å². The molecule has 1 aliphatic heterocycles. The number of nitrogens with zero attached hydrogens (tertiary/aromatic N) is 1. The topological polar surface area (TPSA) is 49.4 Å². The maximum Gasteiger partial charge on any atom is 0.215 e. The third kappa shape index (κ3) is 3.59. The van der Waals surface area contributed by atoms with E-state index in [9.17, 15) is 8.42 Å². The van der Waals surface area contributed by atoms with E-state index in [0.29, 0.717) is 24.4 Å². The number of nitrogens with one attached hydrogen (secondary N) is 1. The van der Waals surface area contributed by atoms with Crippen LogP contribution in [0.3, 0.4) is 0 Å². The Kier molecular flexibility index (Phi) is 4.39. The molecule has 2 rings (SSSR count). The fourth-order valence-electron chi connectivity index (χ4n) is 2.09. The van der Waals surface area contributed by atoms with Crippen molar-refractivity contribution in [3.05, 3.63) is 0 Å². The molecular formula is C11H22N2O2S2. The molecule has 17 heavy (non-hydrogen) atoms. The van der Waals surface area contributed by atoms with E-state index < -0.39 is 10.0 Å². The molecule has 0 aromatic carbocycles. The number of rotatable bonds is 5. The molecule has 1 saturated heterocycles. The third-order valence-electron chi connectivity index (χ3n) is 3.55. The van der Waals surface area contributed by atoms with E-state index in [0.717, 1.165) is 5.75 Å². The van der Waals surface area contributed by atoms with Crippen LogP contribution in [0.4, 0.5) is 0 Å². The quantitative estimate of drug-likeness (QED) is 0.811. The molecule has 1 heterocycles. The van der Waals surface area contributed by atoms with Gasteiger partial charge in [-0.25, -0.2) is 8.42 Å². The van der Waals surface area contributed by atoms with Gasteiger partial charge in [0.25, 0.3) is 0 Å². The molecule has 1 aliphatic carbocycles. The zero-order chi connectivity index (χ0) is 12.5. The van der Waals surface area contributed by atoms with Gasteiger partial charge < -0.3 is 5.32 Å². The summed E-state index contributed by atoms with van der Waals surface area (Å²) in [6.07, 6.45) is 2.40. The lowest BCUT2D eigenvalue weighted by atomic mass is 10.2. The minimum absolute atomic E-state index is 0.125. The van der Waals surface area contributed by atoms with Gasteiger partial charge in [-0.3, -0.25) is 0 Å². The van der Waals surface area contributed by atoms with Crippen molar-refractivity contribution in [1.82, 2.24) is 9.62 Å². The van der Waals surface area contributed by atoms with Crippen LogP contribution in [-0.4, -0.2) is 54.7 Å². The average molecular weight is 278 g/mol. The van der Waals surface area contributed by atoms with Crippen LogP contribution in [0.15, 0.2) is 0 Å². The Morgan fingerprint density at radius 3 is 2.71 bits per heavy atom. The molecule has 1 saturated carbocycles. The summed E-state index contributed by atoms with van der Waals surface area (Å²) in [4.78, 5) is 0. The van der Waals surface area contributed by atoms with Crippen molar-refractivity contribution in [2.24, 2.45) is 0 Å². The van der Waals surface area contributed by atoms with E-state index in [-0.39, 0.29) is 11.8 Å². The lowest BCUT2D eigenvalue weighted by Crippen LogP contribution is -2.49. The predicted molar refractivity (Wildman–Crippen MR) is 72.9 cm³/mol. The summed E-state index contributed by atoms with van der Waals surface area (Å²) in [5, 5.41) is 3.66. The molecule has 4 nitrogen and oxygen atoms in total. The van der Waals surface area contributed by atoms with E-state index >= 15 is 0 Å². The zero-order valence-electron chi connectivity index (χ0n) is 10.6. The molecule has 2 atom stereocenters. The summed E-state index contributed by atoms with van der Waals surface area (Å²) >= 11 is 1.86. The maximum absolute atomic E-state index is 12.2. The molecular weight excluding hydrogens is 256 g/mol. The second-order valence-corrected chi connectivity index (χ2v) is 8.50. The summed E-state index contributed by atoms with van der Waals surface area (Å²) in [6, 6.07) is 0.707. The Bertz CT molecular complexity index is 354. The smallest absolute Gasteiger partial charge is 0.215 e. The highest BCUT2D eigenvalue weighted by Gasteiger charge is 2.33. The summed E-state index contributed by atoms with van der Waals surface area (Å²) in [6.45, 7) is 5.39. The van der Waals surface area contributed by atoms with Crippen LogP contribution in [0, 0.1) is 0 Å². The van der Waals surface area contributed by atoms with E-state index in [2.05, 4.69) is 12.2 Å². The lowest BCUT2D eigenvalue weighted by molar-refractivity contribution is 0.340. The van der Waals surface area contributed by atoms with Crippen LogP contribution in [0.25, 0.3) is 0 Å². The number of hydrogen-bond acceptors (Lipinski definition) is 4. The first-order chi connectivity index (χ1) is 8.00. The summed E-state index contributed by atoms with van der Waals surface area (Å²) in [5.41, 5.74) is 0. The Morgan fingerprint density at radius 2 is 2.06 bits per heavy atom. The van der Waals surface area contributed by atoms with Gasteiger partial charge in [-0.15, -0.1) is 0 Å². The lowest BCUT2D eigenvalue weighted by Gasteiger charge is -2.36. The molecule has 0 spiro atoms. The Morgan fingerprint density at radius 1 is 1.35 bits per heavy atom. The largest absolute Gasteiger partial charge is 0.313 e. The van der Waals surface area contributed by atoms with E-state index in [4.69, 9.17) is 0 Å². The molecule has 0 aromatic heterocycles. The normalized spacial score (nSPS) is 31.6. The average Bonchev–Trinajstić information content (AvgIpc) is 3.05. The van der Waals surface area contributed by atoms with Gasteiger partial charge in [0.1, 0.15) is 0 Å². The van der Waals surface area contributed by atoms with Crippen molar-refractivity contribution >= 4 is 21.8 Å². The van der Waals surface area contributed by atoms with Crippen LogP contribution in [0.5, 0.6) is 0 Å². The van der Waals surface area contributed by atoms with Crippen LogP contribution in [-0.2, 0) is 10.0 Å². The fraction of sp³-hybridized carbons (Fsp3) is 1.00. The van der Waals surface area contributed by atoms with Crippen molar-refractivity contribution in [3.63, 3.8) is 0 Å². The number of sulfonamides is 1. The number of thioether (sulfide) groups is 1. The van der Waals surface area contributed by atoms with Crippen LogP contribution in [0.1, 0.15) is 26.7 Å². The van der Waals surface area contributed by atoms with E-state index in [1.165, 1.54) is 12.8 Å². The molecule has 100 valence electrons. The minimum atomic E-state index is -3.08. The van der Waals surface area contributed by atoms with Crippen molar-refractivity contribution in [2.45, 2.75) is 44.0 Å². The Balaban J connectivity index is 1.88. The van der Waals surface area contributed by atoms with Crippen LogP contribution in [0.2, 0.25) is 0 Å². The van der Waals surface area contributed by atoms with Crippen molar-refractivity contribution in [2.75, 3.05) is 24.6 Å². The molecule has 0 bridgehead atoms. The SMILES string of the molecule is CC1SCCN(S(=O)(=O)CCNC2CC2)C1C. The van der Waals surface area contributed by atoms with Gasteiger partial charge in [-0.2, -0.15) is 16.1 Å². The van der Waals surface area contributed by atoms with Gasteiger partial charge in [0.15, 0.2) is 0 Å². The molecule has 0 aromatic rings. The minimum Gasteiger partial charge on any atom is -0.313 e. The molecule has 1 N–H and O–H groups in total. The van der Waals surface area contributed by atoms with Crippen molar-refractivity contribution < 1.29 is 8.42 Å². The summed E-state index contributed by atoms with van der Waals surface area (Å²) < 4.78 is 26.1. The maximum atomic E-state index is 12.2. The highest BCUT2D eigenvalue weighted by molar-refractivity contribution is 8.00. The molecule has 0 amide bonds. The molecule has 2 aliphatic rings. The number of hydrogen-bond donors (Lipinski definition) is 1. The van der Waals surface area contributed by atoms with E-state index in [1.807, 2.05) is 18.7 Å². The van der Waals surface area contributed by atoms with Gasteiger partial charge in [-0.1, -0.05) is 6.92 Å². The third-order valence-corrected chi connectivity index (χ3v) is 6.84. The first kappa shape index (κ1) is 13.6. The standard InChI is InChI=1S/C11H22N2O2S2/c1-9-10(2)16-7-6-13(9)17(14,15)8-5-12-11-3-4-11/h9-12H,3-8H2,1-2H3. The fourth-order valence-corrected chi connectivity index (χ4v) is 5.06. The van der Waals surface area contributed by atoms with Crippen LogP contribution < -0.4 is 5.32 Å². The van der Waals surface area contributed by atoms with Gasteiger partial charge in [0.2, 0.25) is 10.0 Å². The molecule has 2 fully saturated rings. The summed E-state index contributed by atoms with van der Waals surface area (Å²) in [5.74, 6) is 1.16.